The van der Waals surface area contributed by atoms with Gasteiger partial charge in [0.15, 0.2) is 5.82 Å². The van der Waals surface area contributed by atoms with E-state index >= 15 is 0 Å². The maximum atomic E-state index is 10.6. The zero-order valence-electron chi connectivity index (χ0n) is 13.1. The molecule has 1 aromatic carbocycles. The standard InChI is InChI=1S/C16H15N7O2/c17-16(18)11-3-1-10(2-4-11)13-6-7-14(21-20-13)23-9-12(19-22-23)5-8-15(24)25/h1-4,6-7,9H,5,8H2,(H3,17,18)(H,24,25). The smallest absolute Gasteiger partial charge is 0.303 e. The van der Waals surface area contributed by atoms with Crippen LogP contribution in [-0.4, -0.2) is 42.1 Å². The minimum Gasteiger partial charge on any atom is -0.481 e. The number of nitrogens with zero attached hydrogens (tertiary/aromatic N) is 5. The predicted octanol–water partition coefficient (Wildman–Crippen LogP) is 1.03. The Kier molecular flexibility index (Phi) is 4.46. The number of aromatic nitrogens is 5. The fourth-order valence-electron chi connectivity index (χ4n) is 2.18. The van der Waals surface area contributed by atoms with Crippen molar-refractivity contribution in [3.63, 3.8) is 0 Å². The van der Waals surface area contributed by atoms with Gasteiger partial charge in [0.1, 0.15) is 5.84 Å². The number of carboxylic acids is 1. The molecule has 2 aromatic heterocycles. The van der Waals surface area contributed by atoms with E-state index in [4.69, 9.17) is 16.2 Å². The van der Waals surface area contributed by atoms with E-state index < -0.39 is 5.97 Å². The minimum absolute atomic E-state index is 0.000429. The zero-order chi connectivity index (χ0) is 17.8. The van der Waals surface area contributed by atoms with E-state index in [1.807, 2.05) is 12.1 Å². The summed E-state index contributed by atoms with van der Waals surface area (Å²) in [6.45, 7) is 0. The van der Waals surface area contributed by atoms with Gasteiger partial charge in [-0.15, -0.1) is 15.3 Å². The molecule has 0 aliphatic carbocycles. The Labute approximate surface area is 142 Å². The molecule has 0 saturated heterocycles. The van der Waals surface area contributed by atoms with Crippen LogP contribution in [0, 0.1) is 5.41 Å². The largest absolute Gasteiger partial charge is 0.481 e. The average molecular weight is 337 g/mol. The second-order valence-electron chi connectivity index (χ2n) is 5.32. The summed E-state index contributed by atoms with van der Waals surface area (Å²) in [5, 5.41) is 32.2. The second kappa shape index (κ2) is 6.87. The van der Waals surface area contributed by atoms with Gasteiger partial charge >= 0.3 is 5.97 Å². The number of rotatable bonds is 6. The Morgan fingerprint density at radius 1 is 1.12 bits per heavy atom. The van der Waals surface area contributed by atoms with Crippen LogP contribution in [-0.2, 0) is 11.2 Å². The number of nitrogens with two attached hydrogens (primary N) is 1. The number of benzene rings is 1. The summed E-state index contributed by atoms with van der Waals surface area (Å²) >= 11 is 0. The van der Waals surface area contributed by atoms with Crippen molar-refractivity contribution in [2.24, 2.45) is 5.73 Å². The first kappa shape index (κ1) is 16.2. The Hall–Kier alpha value is -3.62. The molecule has 0 aliphatic heterocycles. The van der Waals surface area contributed by atoms with Gasteiger partial charge in [0.2, 0.25) is 0 Å². The molecule has 25 heavy (non-hydrogen) atoms. The van der Waals surface area contributed by atoms with E-state index in [9.17, 15) is 4.79 Å². The highest BCUT2D eigenvalue weighted by Gasteiger charge is 2.08. The van der Waals surface area contributed by atoms with Crippen LogP contribution in [0.4, 0.5) is 0 Å². The van der Waals surface area contributed by atoms with E-state index in [0.717, 1.165) is 5.56 Å². The Bertz CT molecular complexity index is 901. The monoisotopic (exact) mass is 337 g/mol. The fourth-order valence-corrected chi connectivity index (χ4v) is 2.18. The van der Waals surface area contributed by atoms with Crippen LogP contribution in [0.3, 0.4) is 0 Å². The van der Waals surface area contributed by atoms with Crippen molar-refractivity contribution >= 4 is 11.8 Å². The van der Waals surface area contributed by atoms with E-state index in [-0.39, 0.29) is 12.3 Å². The molecule has 3 rings (SSSR count). The molecule has 0 unspecified atom stereocenters. The molecule has 9 nitrogen and oxygen atoms in total. The topological polar surface area (TPSA) is 144 Å². The fraction of sp³-hybridized carbons (Fsp3) is 0.125. The van der Waals surface area contributed by atoms with Crippen LogP contribution >= 0.6 is 0 Å². The molecule has 0 bridgehead atoms. The number of nitrogen functional groups attached to an aromatic ring is 1. The number of carboxylic acid groups (broad SMARTS) is 1. The number of carbonyl (C=O) groups is 1. The number of amidine groups is 1. The van der Waals surface area contributed by atoms with Gasteiger partial charge in [0, 0.05) is 17.5 Å². The van der Waals surface area contributed by atoms with Crippen molar-refractivity contribution in [1.29, 1.82) is 5.41 Å². The van der Waals surface area contributed by atoms with Gasteiger partial charge in [-0.1, -0.05) is 29.5 Å². The van der Waals surface area contributed by atoms with Gasteiger partial charge in [0.05, 0.1) is 24.0 Å². The summed E-state index contributed by atoms with van der Waals surface area (Å²) in [4.78, 5) is 10.6. The Morgan fingerprint density at radius 3 is 2.48 bits per heavy atom. The quantitative estimate of drug-likeness (QED) is 0.450. The third kappa shape index (κ3) is 3.83. The molecule has 0 fully saturated rings. The van der Waals surface area contributed by atoms with E-state index in [1.165, 1.54) is 4.68 Å². The maximum Gasteiger partial charge on any atom is 0.303 e. The van der Waals surface area contributed by atoms with Crippen LogP contribution < -0.4 is 5.73 Å². The molecule has 126 valence electrons. The van der Waals surface area contributed by atoms with Crippen molar-refractivity contribution in [2.75, 3.05) is 0 Å². The number of hydrogen-bond acceptors (Lipinski definition) is 6. The first-order valence-corrected chi connectivity index (χ1v) is 7.45. The third-order valence-corrected chi connectivity index (χ3v) is 3.51. The molecular formula is C16H15N7O2. The summed E-state index contributed by atoms with van der Waals surface area (Å²) in [6.07, 6.45) is 1.94. The lowest BCUT2D eigenvalue weighted by Crippen LogP contribution is -2.10. The van der Waals surface area contributed by atoms with Gasteiger partial charge < -0.3 is 10.8 Å². The summed E-state index contributed by atoms with van der Waals surface area (Å²) in [6, 6.07) is 10.7. The summed E-state index contributed by atoms with van der Waals surface area (Å²) in [5.74, 6) is -0.384. The molecule has 0 spiro atoms. The predicted molar refractivity (Wildman–Crippen MR) is 89.4 cm³/mol. The van der Waals surface area contributed by atoms with Gasteiger partial charge in [-0.05, 0) is 12.1 Å². The molecule has 0 amide bonds. The molecule has 3 aromatic rings. The molecule has 4 N–H and O–H groups in total. The molecule has 0 aliphatic rings. The van der Waals surface area contributed by atoms with E-state index in [0.29, 0.717) is 29.2 Å². The highest BCUT2D eigenvalue weighted by atomic mass is 16.4. The van der Waals surface area contributed by atoms with Gasteiger partial charge in [-0.3, -0.25) is 10.2 Å². The van der Waals surface area contributed by atoms with E-state index in [2.05, 4.69) is 20.5 Å². The Morgan fingerprint density at radius 2 is 1.88 bits per heavy atom. The minimum atomic E-state index is -0.880. The van der Waals surface area contributed by atoms with Crippen molar-refractivity contribution in [3.05, 3.63) is 53.9 Å². The summed E-state index contributed by atoms with van der Waals surface area (Å²) < 4.78 is 1.45. The van der Waals surface area contributed by atoms with Crippen LogP contribution in [0.2, 0.25) is 0 Å². The van der Waals surface area contributed by atoms with Crippen molar-refractivity contribution in [2.45, 2.75) is 12.8 Å². The highest BCUT2D eigenvalue weighted by Crippen LogP contribution is 2.17. The lowest BCUT2D eigenvalue weighted by atomic mass is 10.1. The van der Waals surface area contributed by atoms with Gasteiger partial charge in [-0.2, -0.15) is 0 Å². The summed E-state index contributed by atoms with van der Waals surface area (Å²) in [7, 11) is 0. The van der Waals surface area contributed by atoms with Crippen LogP contribution in [0.5, 0.6) is 0 Å². The molecule has 9 heteroatoms. The average Bonchev–Trinajstić information content (AvgIpc) is 3.09. The summed E-state index contributed by atoms with van der Waals surface area (Å²) in [5.41, 5.74) is 8.18. The second-order valence-corrected chi connectivity index (χ2v) is 5.32. The van der Waals surface area contributed by atoms with Crippen molar-refractivity contribution in [3.8, 4) is 17.1 Å². The Balaban J connectivity index is 1.76. The molecule has 0 saturated carbocycles. The number of hydrogen-bond donors (Lipinski definition) is 3. The SMILES string of the molecule is N=C(N)c1ccc(-c2ccc(-n3cc(CCC(=O)O)nn3)nn2)cc1. The third-order valence-electron chi connectivity index (χ3n) is 3.51. The van der Waals surface area contributed by atoms with Crippen LogP contribution in [0.25, 0.3) is 17.1 Å². The molecule has 0 atom stereocenters. The highest BCUT2D eigenvalue weighted by molar-refractivity contribution is 5.95. The maximum absolute atomic E-state index is 10.6. The van der Waals surface area contributed by atoms with Gasteiger partial charge in [-0.25, -0.2) is 4.68 Å². The zero-order valence-corrected chi connectivity index (χ0v) is 13.1. The molecule has 0 radical (unpaired) electrons. The lowest BCUT2D eigenvalue weighted by Gasteiger charge is -2.03. The van der Waals surface area contributed by atoms with Crippen molar-refractivity contribution in [1.82, 2.24) is 25.2 Å². The lowest BCUT2D eigenvalue weighted by molar-refractivity contribution is -0.136. The number of aryl methyl sites for hydroxylation is 1. The van der Waals surface area contributed by atoms with Gasteiger partial charge in [0.25, 0.3) is 0 Å². The van der Waals surface area contributed by atoms with E-state index in [1.54, 1.807) is 30.5 Å². The van der Waals surface area contributed by atoms with Crippen molar-refractivity contribution < 1.29 is 9.90 Å². The molecular weight excluding hydrogens is 322 g/mol. The first-order chi connectivity index (χ1) is 12.0. The normalized spacial score (nSPS) is 10.6. The number of nitrogens with one attached hydrogen (secondary N) is 1. The molecule has 2 heterocycles. The van der Waals surface area contributed by atoms with Crippen LogP contribution in [0.15, 0.2) is 42.6 Å². The van der Waals surface area contributed by atoms with Crippen LogP contribution in [0.1, 0.15) is 17.7 Å². The number of aliphatic carboxylic acids is 1. The first-order valence-electron chi connectivity index (χ1n) is 7.45.